The van der Waals surface area contributed by atoms with Gasteiger partial charge in [0.05, 0.1) is 33.3 Å². The van der Waals surface area contributed by atoms with E-state index in [1.165, 1.54) is 27.4 Å². The summed E-state index contributed by atoms with van der Waals surface area (Å²) in [5, 5.41) is 12.7. The first-order valence-electron chi connectivity index (χ1n) is 13.5. The zero-order chi connectivity index (χ0) is 30.1. The molecule has 0 fully saturated rings. The highest BCUT2D eigenvalue weighted by Gasteiger charge is 2.61. The number of aliphatic hydroxyl groups excluding tert-OH is 1. The Morgan fingerprint density at radius 1 is 1.17 bits per heavy atom. The number of rotatable bonds is 6. The minimum Gasteiger partial charge on any atom is -0.507 e. The van der Waals surface area contributed by atoms with Crippen molar-refractivity contribution in [1.82, 2.24) is 4.57 Å². The SMILES string of the molecule is COC(=O)CC(C1=C(O)[C@@]2(Oc3c(Cl)c(OC)cc(OC)c3C2=O)[C@H](C)CC1=O)c1cc2cccc3c2n(c1=O)CC3. The molecule has 11 heteroatoms. The van der Waals surface area contributed by atoms with E-state index in [2.05, 4.69) is 0 Å². The number of aryl methyl sites for hydroxylation is 2. The number of ether oxygens (including phenoxy) is 4. The van der Waals surface area contributed by atoms with Crippen LogP contribution in [-0.2, 0) is 27.3 Å². The van der Waals surface area contributed by atoms with Gasteiger partial charge in [0.15, 0.2) is 17.3 Å². The zero-order valence-corrected chi connectivity index (χ0v) is 24.2. The second kappa shape index (κ2) is 9.90. The van der Waals surface area contributed by atoms with Crippen molar-refractivity contribution in [3.63, 3.8) is 0 Å². The first kappa shape index (κ1) is 27.8. The number of pyridine rings is 1. The van der Waals surface area contributed by atoms with Crippen LogP contribution in [0.25, 0.3) is 10.9 Å². The molecule has 2 aliphatic heterocycles. The van der Waals surface area contributed by atoms with Gasteiger partial charge in [-0.1, -0.05) is 36.7 Å². The summed E-state index contributed by atoms with van der Waals surface area (Å²) in [5.41, 5.74) is -0.757. The fraction of sp³-hybridized carbons (Fsp3) is 0.355. The van der Waals surface area contributed by atoms with Crippen LogP contribution in [0.3, 0.4) is 0 Å². The van der Waals surface area contributed by atoms with Crippen LogP contribution in [0.2, 0.25) is 5.02 Å². The Morgan fingerprint density at radius 2 is 1.90 bits per heavy atom. The molecule has 42 heavy (non-hydrogen) atoms. The number of halogens is 1. The third-order valence-electron chi connectivity index (χ3n) is 8.66. The van der Waals surface area contributed by atoms with Gasteiger partial charge in [0.25, 0.3) is 5.56 Å². The normalized spacial score (nSPS) is 21.5. The van der Waals surface area contributed by atoms with Crippen molar-refractivity contribution in [3.8, 4) is 17.2 Å². The van der Waals surface area contributed by atoms with Gasteiger partial charge in [-0.05, 0) is 23.4 Å². The van der Waals surface area contributed by atoms with E-state index in [1.54, 1.807) is 17.6 Å². The van der Waals surface area contributed by atoms with Gasteiger partial charge >= 0.3 is 5.97 Å². The molecule has 6 rings (SSSR count). The Balaban J connectivity index is 1.60. The number of para-hydroxylation sites is 1. The molecule has 3 heterocycles. The molecular weight excluding hydrogens is 566 g/mol. The van der Waals surface area contributed by atoms with Crippen molar-refractivity contribution < 1.29 is 38.4 Å². The summed E-state index contributed by atoms with van der Waals surface area (Å²) in [6.07, 6.45) is 0.0310. The van der Waals surface area contributed by atoms with Crippen molar-refractivity contribution in [2.45, 2.75) is 44.2 Å². The lowest BCUT2D eigenvalue weighted by atomic mass is 9.69. The molecule has 0 saturated heterocycles. The van der Waals surface area contributed by atoms with E-state index in [4.69, 9.17) is 30.5 Å². The number of fused-ring (bicyclic) bond motifs is 1. The molecule has 0 amide bonds. The Kier molecular flexibility index (Phi) is 6.57. The van der Waals surface area contributed by atoms with Crippen molar-refractivity contribution in [2.75, 3.05) is 21.3 Å². The van der Waals surface area contributed by atoms with Crippen LogP contribution >= 0.6 is 11.6 Å². The Morgan fingerprint density at radius 3 is 2.60 bits per heavy atom. The van der Waals surface area contributed by atoms with Gasteiger partial charge in [0.1, 0.15) is 22.1 Å². The number of allylic oxidation sites excluding steroid dienone is 1. The van der Waals surface area contributed by atoms with Crippen LogP contribution in [-0.4, -0.2) is 54.1 Å². The van der Waals surface area contributed by atoms with Crippen molar-refractivity contribution >= 4 is 40.0 Å². The number of hydrogen-bond acceptors (Lipinski definition) is 9. The molecule has 0 saturated carbocycles. The molecule has 1 spiro atoms. The Bertz CT molecular complexity index is 1810. The fourth-order valence-corrected chi connectivity index (χ4v) is 6.86. The molecule has 1 unspecified atom stereocenters. The molecule has 3 aliphatic rings. The van der Waals surface area contributed by atoms with E-state index in [1.807, 2.05) is 18.2 Å². The van der Waals surface area contributed by atoms with Gasteiger partial charge in [-0.15, -0.1) is 0 Å². The predicted octanol–water partition coefficient (Wildman–Crippen LogP) is 4.31. The minimum absolute atomic E-state index is 0.00491. The maximum atomic E-state index is 14.2. The molecule has 1 aliphatic carbocycles. The second-order valence-corrected chi connectivity index (χ2v) is 11.1. The van der Waals surface area contributed by atoms with Crippen molar-refractivity contribution in [3.05, 3.63) is 73.7 Å². The molecule has 0 radical (unpaired) electrons. The summed E-state index contributed by atoms with van der Waals surface area (Å²) in [7, 11) is 3.96. The lowest BCUT2D eigenvalue weighted by molar-refractivity contribution is -0.140. The lowest BCUT2D eigenvalue weighted by Crippen LogP contribution is -2.53. The highest BCUT2D eigenvalue weighted by molar-refractivity contribution is 6.35. The van der Waals surface area contributed by atoms with Crippen LogP contribution < -0.4 is 19.8 Å². The molecule has 1 N–H and O–H groups in total. The summed E-state index contributed by atoms with van der Waals surface area (Å²) in [5.74, 6) is -4.36. The summed E-state index contributed by atoms with van der Waals surface area (Å²) in [4.78, 5) is 54.5. The number of methoxy groups -OCH3 is 3. The Hall–Kier alpha value is -4.31. The topological polar surface area (TPSA) is 130 Å². The molecule has 0 bridgehead atoms. The lowest BCUT2D eigenvalue weighted by Gasteiger charge is -2.38. The van der Waals surface area contributed by atoms with Crippen molar-refractivity contribution in [2.24, 2.45) is 5.92 Å². The number of Topliss-reactive ketones (excluding diaryl/α,β-unsaturated/α-hetero) is 2. The molecule has 10 nitrogen and oxygen atoms in total. The van der Waals surface area contributed by atoms with Gasteiger partial charge in [-0.3, -0.25) is 19.2 Å². The largest absolute Gasteiger partial charge is 0.507 e. The van der Waals surface area contributed by atoms with Gasteiger partial charge in [0.2, 0.25) is 11.4 Å². The standard InChI is InChI=1S/C31H28ClNO9/c1-14-10-19(34)23(28(36)31(14)29(37)24-20(39-2)13-21(40-3)25(32)27(24)42-31)17(12-22(35)41-4)18-11-16-7-5-6-15-8-9-33(26(15)16)30(18)38/h5-7,11,13-14,17,36H,8-10,12H2,1-4H3/t14-,17?,31+/m1/s1. The first-order valence-corrected chi connectivity index (χ1v) is 13.8. The number of carbonyl (C=O) groups excluding carboxylic acids is 3. The van der Waals surface area contributed by atoms with Crippen LogP contribution in [0.15, 0.2) is 46.5 Å². The molecule has 3 aromatic rings. The average Bonchev–Trinajstić information content (AvgIpc) is 3.55. The van der Waals surface area contributed by atoms with E-state index in [0.717, 1.165) is 16.5 Å². The smallest absolute Gasteiger partial charge is 0.306 e. The molecular formula is C31H28ClNO9. The summed E-state index contributed by atoms with van der Waals surface area (Å²) >= 11 is 6.54. The number of ketones is 2. The van der Waals surface area contributed by atoms with Gasteiger partial charge in [0, 0.05) is 42.0 Å². The number of aliphatic hydroxyl groups is 1. The quantitative estimate of drug-likeness (QED) is 0.415. The Labute approximate surface area is 245 Å². The second-order valence-electron chi connectivity index (χ2n) is 10.8. The maximum Gasteiger partial charge on any atom is 0.306 e. The molecule has 2 aromatic carbocycles. The molecule has 3 atom stereocenters. The first-order chi connectivity index (χ1) is 20.1. The van der Waals surface area contributed by atoms with E-state index in [-0.39, 0.29) is 45.4 Å². The highest BCUT2D eigenvalue weighted by atomic mass is 35.5. The number of esters is 1. The number of aromatic nitrogens is 1. The zero-order valence-electron chi connectivity index (χ0n) is 23.4. The van der Waals surface area contributed by atoms with Gasteiger partial charge in [-0.2, -0.15) is 0 Å². The minimum atomic E-state index is -2.06. The number of carbonyl (C=O) groups is 3. The van der Waals surface area contributed by atoms with E-state index < -0.39 is 52.7 Å². The third-order valence-corrected chi connectivity index (χ3v) is 9.02. The number of nitrogens with zero attached hydrogens (tertiary/aromatic N) is 1. The highest BCUT2D eigenvalue weighted by Crippen LogP contribution is 2.55. The fourth-order valence-electron chi connectivity index (χ4n) is 6.60. The van der Waals surface area contributed by atoms with Crippen LogP contribution in [0.5, 0.6) is 17.2 Å². The third kappa shape index (κ3) is 3.70. The van der Waals surface area contributed by atoms with Gasteiger partial charge in [-0.25, -0.2) is 0 Å². The van der Waals surface area contributed by atoms with Crippen LogP contribution in [0, 0.1) is 5.92 Å². The molecule has 218 valence electrons. The monoisotopic (exact) mass is 593 g/mol. The van der Waals surface area contributed by atoms with E-state index in [0.29, 0.717) is 13.0 Å². The maximum absolute atomic E-state index is 14.2. The van der Waals surface area contributed by atoms with Crippen molar-refractivity contribution in [1.29, 1.82) is 0 Å². The van der Waals surface area contributed by atoms with E-state index in [9.17, 15) is 24.3 Å². The summed E-state index contributed by atoms with van der Waals surface area (Å²) < 4.78 is 23.5. The number of benzene rings is 2. The molecule has 1 aromatic heterocycles. The summed E-state index contributed by atoms with van der Waals surface area (Å²) in [6, 6.07) is 8.77. The summed E-state index contributed by atoms with van der Waals surface area (Å²) in [6.45, 7) is 2.04. The number of hydrogen-bond donors (Lipinski definition) is 1. The predicted molar refractivity (Wildman–Crippen MR) is 152 cm³/mol. The van der Waals surface area contributed by atoms with E-state index >= 15 is 0 Å². The van der Waals surface area contributed by atoms with Gasteiger partial charge < -0.3 is 28.6 Å². The van der Waals surface area contributed by atoms with Crippen LogP contribution in [0.1, 0.15) is 47.2 Å². The average molecular weight is 594 g/mol. The van der Waals surface area contributed by atoms with Crippen LogP contribution in [0.4, 0.5) is 0 Å².